The lowest BCUT2D eigenvalue weighted by Crippen LogP contribution is -2.32. The molecule has 4 nitrogen and oxygen atoms in total. The second kappa shape index (κ2) is 8.26. The van der Waals surface area contributed by atoms with E-state index in [1.807, 2.05) is 42.5 Å². The molecule has 0 fully saturated rings. The molecule has 5 heteroatoms. The molecule has 31 heavy (non-hydrogen) atoms. The standard InChI is InChI=1S/C26H23FN2O2/c27-18-11-9-17(10-12-18)26-20(19-5-1-3-7-22(19)29-26)13-14-25(30)28-23-15-16-31-24-8-4-2-6-21(23)24/h1-12,23,29H,13-16H2,(H,28,30). The highest BCUT2D eigenvalue weighted by Gasteiger charge is 2.23. The van der Waals surface area contributed by atoms with Gasteiger partial charge < -0.3 is 15.0 Å². The van der Waals surface area contributed by atoms with Gasteiger partial charge in [0.1, 0.15) is 11.6 Å². The number of ether oxygens (including phenoxy) is 1. The quantitative estimate of drug-likeness (QED) is 0.450. The number of carbonyl (C=O) groups is 1. The number of fused-ring (bicyclic) bond motifs is 2. The van der Waals surface area contributed by atoms with Crippen molar-refractivity contribution in [2.75, 3.05) is 6.61 Å². The minimum atomic E-state index is -0.266. The molecule has 5 rings (SSSR count). The van der Waals surface area contributed by atoms with E-state index in [1.54, 1.807) is 12.1 Å². The third-order valence-electron chi connectivity index (χ3n) is 5.84. The monoisotopic (exact) mass is 414 g/mol. The summed E-state index contributed by atoms with van der Waals surface area (Å²) in [6, 6.07) is 22.3. The second-order valence-electron chi connectivity index (χ2n) is 7.83. The Morgan fingerprint density at radius 1 is 1.03 bits per heavy atom. The molecule has 4 aromatic rings. The molecule has 0 saturated heterocycles. The molecule has 156 valence electrons. The predicted molar refractivity (Wildman–Crippen MR) is 119 cm³/mol. The maximum absolute atomic E-state index is 13.4. The number of halogens is 1. The predicted octanol–water partition coefficient (Wildman–Crippen LogP) is 5.55. The molecule has 2 heterocycles. The Kier molecular flexibility index (Phi) is 5.16. The van der Waals surface area contributed by atoms with Crippen molar-refractivity contribution in [3.8, 4) is 17.0 Å². The van der Waals surface area contributed by atoms with E-state index in [9.17, 15) is 9.18 Å². The van der Waals surface area contributed by atoms with E-state index < -0.39 is 0 Å². The van der Waals surface area contributed by atoms with E-state index >= 15 is 0 Å². The zero-order chi connectivity index (χ0) is 21.2. The molecule has 1 aliphatic rings. The Labute approximate surface area is 180 Å². The van der Waals surface area contributed by atoms with Crippen LogP contribution < -0.4 is 10.1 Å². The van der Waals surface area contributed by atoms with E-state index in [2.05, 4.69) is 16.4 Å². The van der Waals surface area contributed by atoms with Crippen molar-refractivity contribution in [1.29, 1.82) is 0 Å². The van der Waals surface area contributed by atoms with Crippen LogP contribution >= 0.6 is 0 Å². The van der Waals surface area contributed by atoms with Crippen LogP contribution in [-0.2, 0) is 11.2 Å². The fourth-order valence-electron chi connectivity index (χ4n) is 4.32. The van der Waals surface area contributed by atoms with Crippen molar-refractivity contribution < 1.29 is 13.9 Å². The van der Waals surface area contributed by atoms with Gasteiger partial charge in [0.15, 0.2) is 0 Å². The first-order valence-corrected chi connectivity index (χ1v) is 10.6. The fraction of sp³-hybridized carbons (Fsp3) is 0.192. The van der Waals surface area contributed by atoms with Gasteiger partial charge in [0, 0.05) is 35.0 Å². The largest absolute Gasteiger partial charge is 0.493 e. The number of para-hydroxylation sites is 2. The molecule has 0 aliphatic carbocycles. The normalized spacial score (nSPS) is 15.3. The van der Waals surface area contributed by atoms with Crippen LogP contribution in [0.2, 0.25) is 0 Å². The van der Waals surface area contributed by atoms with Gasteiger partial charge >= 0.3 is 0 Å². The summed E-state index contributed by atoms with van der Waals surface area (Å²) in [5.41, 5.74) is 4.96. The summed E-state index contributed by atoms with van der Waals surface area (Å²) in [6.07, 6.45) is 1.72. The third kappa shape index (κ3) is 3.91. The average molecular weight is 414 g/mol. The van der Waals surface area contributed by atoms with Gasteiger partial charge in [0.2, 0.25) is 5.91 Å². The van der Waals surface area contributed by atoms with E-state index in [-0.39, 0.29) is 17.8 Å². The molecule has 3 aromatic carbocycles. The molecular weight excluding hydrogens is 391 g/mol. The highest BCUT2D eigenvalue weighted by Crippen LogP contribution is 2.33. The maximum atomic E-state index is 13.4. The first-order chi connectivity index (χ1) is 15.2. The van der Waals surface area contributed by atoms with Crippen molar-refractivity contribution in [1.82, 2.24) is 10.3 Å². The number of benzene rings is 3. The summed E-state index contributed by atoms with van der Waals surface area (Å²) >= 11 is 0. The van der Waals surface area contributed by atoms with E-state index in [0.29, 0.717) is 19.4 Å². The number of hydrogen-bond donors (Lipinski definition) is 2. The first-order valence-electron chi connectivity index (χ1n) is 10.6. The minimum absolute atomic E-state index is 0.0111. The van der Waals surface area contributed by atoms with Gasteiger partial charge in [-0.25, -0.2) is 4.39 Å². The summed E-state index contributed by atoms with van der Waals surface area (Å²) in [7, 11) is 0. The van der Waals surface area contributed by atoms with Crippen LogP contribution in [0.1, 0.15) is 30.0 Å². The van der Waals surface area contributed by atoms with Gasteiger partial charge in [-0.2, -0.15) is 0 Å². The SMILES string of the molecule is O=C(CCc1c(-c2ccc(F)cc2)[nH]c2ccccc12)NC1CCOc2ccccc21. The number of H-pyrrole nitrogens is 1. The Balaban J connectivity index is 1.37. The van der Waals surface area contributed by atoms with Crippen molar-refractivity contribution in [3.63, 3.8) is 0 Å². The number of aromatic nitrogens is 1. The van der Waals surface area contributed by atoms with Gasteiger partial charge in [0.25, 0.3) is 0 Å². The van der Waals surface area contributed by atoms with Crippen molar-refractivity contribution >= 4 is 16.8 Å². The number of aryl methyl sites for hydroxylation is 1. The van der Waals surface area contributed by atoms with E-state index in [0.717, 1.165) is 45.5 Å². The van der Waals surface area contributed by atoms with Gasteiger partial charge in [-0.3, -0.25) is 4.79 Å². The molecule has 1 amide bonds. The summed E-state index contributed by atoms with van der Waals surface area (Å²) in [5, 5.41) is 4.26. The minimum Gasteiger partial charge on any atom is -0.493 e. The highest BCUT2D eigenvalue weighted by atomic mass is 19.1. The number of rotatable bonds is 5. The van der Waals surface area contributed by atoms with Crippen LogP contribution in [0, 0.1) is 5.82 Å². The average Bonchev–Trinajstić information content (AvgIpc) is 3.17. The van der Waals surface area contributed by atoms with Gasteiger partial charge in [-0.15, -0.1) is 0 Å². The number of amides is 1. The summed E-state index contributed by atoms with van der Waals surface area (Å²) < 4.78 is 19.1. The molecule has 0 saturated carbocycles. The van der Waals surface area contributed by atoms with Crippen LogP contribution in [0.15, 0.2) is 72.8 Å². The third-order valence-corrected chi connectivity index (χ3v) is 5.84. The number of carbonyl (C=O) groups excluding carboxylic acids is 1. The van der Waals surface area contributed by atoms with E-state index in [1.165, 1.54) is 12.1 Å². The molecule has 0 radical (unpaired) electrons. The lowest BCUT2D eigenvalue weighted by atomic mass is 9.99. The summed E-state index contributed by atoms with van der Waals surface area (Å²) in [5.74, 6) is 0.587. The lowest BCUT2D eigenvalue weighted by molar-refractivity contribution is -0.122. The zero-order valence-electron chi connectivity index (χ0n) is 17.0. The van der Waals surface area contributed by atoms with E-state index in [4.69, 9.17) is 4.74 Å². The highest BCUT2D eigenvalue weighted by molar-refractivity contribution is 5.91. The number of nitrogens with one attached hydrogen (secondary N) is 2. The van der Waals surface area contributed by atoms with Crippen LogP contribution in [0.5, 0.6) is 5.75 Å². The first kappa shape index (κ1) is 19.4. The maximum Gasteiger partial charge on any atom is 0.220 e. The smallest absolute Gasteiger partial charge is 0.220 e. The number of hydrogen-bond acceptors (Lipinski definition) is 2. The molecule has 1 aromatic heterocycles. The van der Waals surface area contributed by atoms with Crippen LogP contribution in [0.3, 0.4) is 0 Å². The van der Waals surface area contributed by atoms with Gasteiger partial charge in [-0.05, 0) is 53.9 Å². The number of aromatic amines is 1. The molecule has 1 atom stereocenters. The van der Waals surface area contributed by atoms with Crippen LogP contribution in [0.25, 0.3) is 22.2 Å². The Hall–Kier alpha value is -3.60. The van der Waals surface area contributed by atoms with Crippen molar-refractivity contribution in [3.05, 3.63) is 89.7 Å². The zero-order valence-corrected chi connectivity index (χ0v) is 17.0. The fourth-order valence-corrected chi connectivity index (χ4v) is 4.32. The molecule has 1 unspecified atom stereocenters. The molecule has 1 aliphatic heterocycles. The lowest BCUT2D eigenvalue weighted by Gasteiger charge is -2.26. The second-order valence-corrected chi connectivity index (χ2v) is 7.83. The van der Waals surface area contributed by atoms with Gasteiger partial charge in [0.05, 0.1) is 12.6 Å². The van der Waals surface area contributed by atoms with Crippen molar-refractivity contribution in [2.24, 2.45) is 0 Å². The summed E-state index contributed by atoms with van der Waals surface area (Å²) in [4.78, 5) is 16.3. The topological polar surface area (TPSA) is 54.1 Å². The molecule has 2 N–H and O–H groups in total. The van der Waals surface area contributed by atoms with Crippen LogP contribution in [0.4, 0.5) is 4.39 Å². The summed E-state index contributed by atoms with van der Waals surface area (Å²) in [6.45, 7) is 0.596. The molecule has 0 bridgehead atoms. The Bertz CT molecular complexity index is 1230. The van der Waals surface area contributed by atoms with Gasteiger partial charge in [-0.1, -0.05) is 36.4 Å². The Morgan fingerprint density at radius 3 is 2.68 bits per heavy atom. The van der Waals surface area contributed by atoms with Crippen molar-refractivity contribution in [2.45, 2.75) is 25.3 Å². The molecule has 0 spiro atoms. The van der Waals surface area contributed by atoms with Crippen LogP contribution in [-0.4, -0.2) is 17.5 Å². The molecular formula is C26H23FN2O2. The Morgan fingerprint density at radius 2 is 1.81 bits per heavy atom.